The summed E-state index contributed by atoms with van der Waals surface area (Å²) in [6.07, 6.45) is 3.97. The predicted molar refractivity (Wildman–Crippen MR) is 199 cm³/mol. The number of hydrogen-bond donors (Lipinski definition) is 1. The van der Waals surface area contributed by atoms with Crippen molar-refractivity contribution in [2.75, 3.05) is 39.5 Å². The third-order valence-electron chi connectivity index (χ3n) is 9.67. The molecule has 1 N–H and O–H groups in total. The number of carboxylic acids is 1. The molecule has 8 nitrogen and oxygen atoms in total. The van der Waals surface area contributed by atoms with Gasteiger partial charge in [0.25, 0.3) is 5.91 Å². The average molecular weight is 735 g/mol. The number of methoxy groups -OCH3 is 1. The smallest absolute Gasteiger partial charge is 0.305 e. The lowest BCUT2D eigenvalue weighted by Crippen LogP contribution is -2.43. The molecule has 0 radical (unpaired) electrons. The molecule has 0 aliphatic carbocycles. The van der Waals surface area contributed by atoms with Gasteiger partial charge in [-0.25, -0.2) is 0 Å². The lowest BCUT2D eigenvalue weighted by atomic mass is 9.88. The molecule has 0 aromatic heterocycles. The maximum Gasteiger partial charge on any atom is 0.305 e. The van der Waals surface area contributed by atoms with Crippen molar-refractivity contribution in [1.29, 1.82) is 5.26 Å². The van der Waals surface area contributed by atoms with Crippen molar-refractivity contribution in [3.8, 4) is 11.8 Å². The Kier molecular flexibility index (Phi) is 12.7. The van der Waals surface area contributed by atoms with Crippen LogP contribution in [0.5, 0.6) is 5.75 Å². The summed E-state index contributed by atoms with van der Waals surface area (Å²) in [5.41, 5.74) is 2.72. The minimum Gasteiger partial charge on any atom is -0.612 e. The Labute approximate surface area is 306 Å². The molecule has 4 aromatic carbocycles. The summed E-state index contributed by atoms with van der Waals surface area (Å²) in [7, 11) is 1.61. The van der Waals surface area contributed by atoms with Crippen LogP contribution in [0, 0.1) is 11.3 Å². The third kappa shape index (κ3) is 8.92. The van der Waals surface area contributed by atoms with Crippen molar-refractivity contribution in [2.24, 2.45) is 0 Å². The highest BCUT2D eigenvalue weighted by Gasteiger charge is 2.30. The van der Waals surface area contributed by atoms with Gasteiger partial charge in [-0.15, -0.1) is 0 Å². The van der Waals surface area contributed by atoms with Crippen LogP contribution >= 0.6 is 23.2 Å². The van der Waals surface area contributed by atoms with Crippen molar-refractivity contribution in [3.05, 3.63) is 105 Å². The fraction of sp³-hybridized carbons (Fsp3) is 0.359. The third-order valence-corrected chi connectivity index (χ3v) is 11.4. The number of ether oxygens (including phenoxy) is 1. The van der Waals surface area contributed by atoms with Gasteiger partial charge in [-0.05, 0) is 110 Å². The maximum absolute atomic E-state index is 14.5. The number of carboxylic acid groups (broad SMARTS) is 1. The summed E-state index contributed by atoms with van der Waals surface area (Å²) in [6, 6.07) is 23.6. The van der Waals surface area contributed by atoms with Gasteiger partial charge in [-0.2, -0.15) is 5.26 Å². The first-order valence-electron chi connectivity index (χ1n) is 16.6. The van der Waals surface area contributed by atoms with Crippen LogP contribution in [-0.4, -0.2) is 76.9 Å². The molecule has 1 aliphatic heterocycles. The second-order valence-electron chi connectivity index (χ2n) is 12.9. The Morgan fingerprint density at radius 2 is 1.82 bits per heavy atom. The lowest BCUT2D eigenvalue weighted by molar-refractivity contribution is -0.138. The topological polar surface area (TPSA) is 117 Å². The molecule has 1 unspecified atom stereocenters. The number of nitrogens with zero attached hydrogens (tertiary/aromatic N) is 3. The Morgan fingerprint density at radius 1 is 1.08 bits per heavy atom. The van der Waals surface area contributed by atoms with E-state index in [-0.39, 0.29) is 30.7 Å². The van der Waals surface area contributed by atoms with Crippen LogP contribution < -0.4 is 4.74 Å². The first-order valence-corrected chi connectivity index (χ1v) is 18.9. The first kappa shape index (κ1) is 37.5. The predicted octanol–water partition coefficient (Wildman–Crippen LogP) is 8.12. The number of fused-ring (bicyclic) bond motifs is 1. The molecule has 0 spiro atoms. The minimum atomic E-state index is -1.14. The zero-order chi connectivity index (χ0) is 35.9. The summed E-state index contributed by atoms with van der Waals surface area (Å²) in [5, 5.41) is 21.8. The highest BCUT2D eigenvalue weighted by Crippen LogP contribution is 2.36. The largest absolute Gasteiger partial charge is 0.612 e. The van der Waals surface area contributed by atoms with Gasteiger partial charge < -0.3 is 24.2 Å². The fourth-order valence-corrected chi connectivity index (χ4v) is 8.09. The molecule has 4 aromatic rings. The molecular weight excluding hydrogens is 693 g/mol. The van der Waals surface area contributed by atoms with E-state index in [1.165, 1.54) is 0 Å². The molecule has 1 amide bonds. The minimum absolute atomic E-state index is 0.191. The van der Waals surface area contributed by atoms with Crippen LogP contribution in [0.3, 0.4) is 0 Å². The van der Waals surface area contributed by atoms with E-state index in [1.807, 2.05) is 54.6 Å². The molecule has 1 fully saturated rings. The second-order valence-corrected chi connectivity index (χ2v) is 15.1. The molecule has 0 saturated carbocycles. The Bertz CT molecular complexity index is 1890. The summed E-state index contributed by atoms with van der Waals surface area (Å²) >= 11 is 11.7. The average Bonchev–Trinajstić information content (AvgIpc) is 3.11. The van der Waals surface area contributed by atoms with Crippen LogP contribution in [0.25, 0.3) is 10.8 Å². The highest BCUT2D eigenvalue weighted by molar-refractivity contribution is 7.90. The Morgan fingerprint density at radius 3 is 2.48 bits per heavy atom. The van der Waals surface area contributed by atoms with Crippen molar-refractivity contribution < 1.29 is 24.0 Å². The quantitative estimate of drug-likeness (QED) is 0.138. The molecule has 5 rings (SSSR count). The number of aliphatic carboxylic acids is 1. The van der Waals surface area contributed by atoms with Gasteiger partial charge in [-0.1, -0.05) is 59.6 Å². The summed E-state index contributed by atoms with van der Waals surface area (Å²) in [6.45, 7) is 4.44. The molecule has 1 heterocycles. The number of carbonyl (C=O) groups is 2. The first-order chi connectivity index (χ1) is 24.0. The number of nitriles is 1. The number of halogens is 2. The van der Waals surface area contributed by atoms with Crippen LogP contribution in [0.1, 0.15) is 71.5 Å². The van der Waals surface area contributed by atoms with Crippen molar-refractivity contribution in [1.82, 2.24) is 9.80 Å². The number of likely N-dealkylation sites (tertiary alicyclic amines) is 1. The van der Waals surface area contributed by atoms with Crippen LogP contribution in [0.15, 0.2) is 77.7 Å². The monoisotopic (exact) mass is 733 g/mol. The zero-order valence-electron chi connectivity index (χ0n) is 28.4. The highest BCUT2D eigenvalue weighted by atomic mass is 35.5. The summed E-state index contributed by atoms with van der Waals surface area (Å²) in [4.78, 5) is 31.3. The number of rotatable bonds is 13. The van der Waals surface area contributed by atoms with E-state index in [2.05, 4.69) is 11.0 Å². The van der Waals surface area contributed by atoms with Gasteiger partial charge in [0.1, 0.15) is 12.0 Å². The maximum atomic E-state index is 14.5. The van der Waals surface area contributed by atoms with E-state index in [4.69, 9.17) is 27.9 Å². The number of benzene rings is 4. The molecule has 11 heteroatoms. The Hall–Kier alpha value is -3.78. The van der Waals surface area contributed by atoms with Gasteiger partial charge in [-0.3, -0.25) is 9.59 Å². The van der Waals surface area contributed by atoms with Gasteiger partial charge in [0.05, 0.1) is 35.2 Å². The van der Waals surface area contributed by atoms with Crippen LogP contribution in [0.4, 0.5) is 0 Å². The molecule has 1 saturated heterocycles. The van der Waals surface area contributed by atoms with E-state index in [9.17, 15) is 24.5 Å². The van der Waals surface area contributed by atoms with E-state index in [1.54, 1.807) is 43.4 Å². The summed E-state index contributed by atoms with van der Waals surface area (Å²) < 4.78 is 18.0. The van der Waals surface area contributed by atoms with E-state index >= 15 is 0 Å². The van der Waals surface area contributed by atoms with Crippen molar-refractivity contribution in [3.63, 3.8) is 0 Å². The molecular formula is C39H41Cl2N3O5S. The van der Waals surface area contributed by atoms with Crippen LogP contribution in [0.2, 0.25) is 10.0 Å². The van der Waals surface area contributed by atoms with Crippen LogP contribution in [-0.2, 0) is 16.0 Å². The lowest BCUT2D eigenvalue weighted by Gasteiger charge is -2.36. The number of amides is 1. The Balaban J connectivity index is 1.40. The second kappa shape index (κ2) is 17.0. The zero-order valence-corrected chi connectivity index (χ0v) is 30.7. The molecule has 262 valence electrons. The fourth-order valence-electron chi connectivity index (χ4n) is 6.93. The normalized spacial score (nSPS) is 15.6. The number of hydrogen-bond acceptors (Lipinski definition) is 6. The van der Waals surface area contributed by atoms with Gasteiger partial charge >= 0.3 is 5.97 Å². The molecule has 3 atom stereocenters. The molecule has 1 aliphatic rings. The standard InChI is InChI=1S/C39H41Cl2N3O5S/c1-25(18-38(45)46)44(39(47)34-20-26(23-42)19-29-6-4-5-7-32(29)34)24-30(28-8-11-35(40)36(41)21-28)14-17-43-15-12-27(13-16-43)33-10-9-31(49-2)22-37(33)50(3)48/h4-11,19-22,25,27,30H,12-18,24H2,1-3H3,(H,45,46)/t25-,30?,50+/m1/s1. The number of carbonyl (C=O) groups excluding carboxylic acids is 1. The SMILES string of the molecule is COc1ccc(C2CCN(CCC(CN(C(=O)c3cc(C#N)cc4ccccc34)[C@H](C)CC(=O)O)c3ccc(Cl)c(Cl)c3)CC2)c([S@+](C)[O-])c1. The van der Waals surface area contributed by atoms with Gasteiger partial charge in [0, 0.05) is 35.7 Å². The van der Waals surface area contributed by atoms with Crippen molar-refractivity contribution >= 4 is 57.0 Å². The van der Waals surface area contributed by atoms with Gasteiger partial charge in [0.15, 0.2) is 4.90 Å². The molecule has 0 bridgehead atoms. The van der Waals surface area contributed by atoms with E-state index in [0.717, 1.165) is 53.9 Å². The van der Waals surface area contributed by atoms with E-state index < -0.39 is 23.2 Å². The molecule has 50 heavy (non-hydrogen) atoms. The summed E-state index contributed by atoms with van der Waals surface area (Å²) in [5.74, 6) is -0.552. The van der Waals surface area contributed by atoms with E-state index in [0.29, 0.717) is 38.7 Å². The van der Waals surface area contributed by atoms with Crippen molar-refractivity contribution in [2.45, 2.75) is 55.4 Å². The van der Waals surface area contributed by atoms with Gasteiger partial charge in [0.2, 0.25) is 0 Å². The number of piperidine rings is 1.